The van der Waals surface area contributed by atoms with Crippen molar-refractivity contribution in [2.45, 2.75) is 17.7 Å². The highest BCUT2D eigenvalue weighted by Gasteiger charge is 2.28. The van der Waals surface area contributed by atoms with E-state index < -0.39 is 20.7 Å². The van der Waals surface area contributed by atoms with Gasteiger partial charge in [-0.25, -0.2) is 12.8 Å². The highest BCUT2D eigenvalue weighted by molar-refractivity contribution is 7.92. The van der Waals surface area contributed by atoms with Crippen LogP contribution in [-0.2, 0) is 21.2 Å². The van der Waals surface area contributed by atoms with Gasteiger partial charge in [0, 0.05) is 19.2 Å². The molecule has 0 aromatic heterocycles. The molecule has 25 heavy (non-hydrogen) atoms. The van der Waals surface area contributed by atoms with Crippen LogP contribution in [0.2, 0.25) is 0 Å². The van der Waals surface area contributed by atoms with Crippen LogP contribution >= 0.6 is 0 Å². The molecule has 0 aliphatic carbocycles. The van der Waals surface area contributed by atoms with E-state index in [9.17, 15) is 17.6 Å². The molecule has 1 amide bonds. The zero-order valence-corrected chi connectivity index (χ0v) is 14.1. The quantitative estimate of drug-likeness (QED) is 0.911. The molecule has 1 heterocycles. The van der Waals surface area contributed by atoms with Crippen LogP contribution in [0.1, 0.15) is 17.5 Å². The van der Waals surface area contributed by atoms with Gasteiger partial charge in [-0.05, 0) is 42.3 Å². The van der Waals surface area contributed by atoms with Crippen molar-refractivity contribution in [1.82, 2.24) is 0 Å². The average molecular weight is 359 g/mol. The molecule has 128 valence electrons. The molecule has 8 heteroatoms. The second kappa shape index (κ2) is 6.18. The Morgan fingerprint density at radius 3 is 2.72 bits per heavy atom. The van der Waals surface area contributed by atoms with E-state index in [1.54, 1.807) is 12.1 Å². The number of nitrogens with one attached hydrogen (secondary N) is 1. The summed E-state index contributed by atoms with van der Waals surface area (Å²) in [6.07, 6.45) is 0.565. The molecule has 0 saturated heterocycles. The van der Waals surface area contributed by atoms with Crippen LogP contribution in [0.5, 0.6) is 0 Å². The van der Waals surface area contributed by atoms with Gasteiger partial charge >= 0.3 is 0 Å². The third-order valence-electron chi connectivity index (χ3n) is 4.03. The fraction of sp³-hybridized carbons (Fsp3) is 0.176. The summed E-state index contributed by atoms with van der Waals surface area (Å²) in [5.74, 6) is -1.17. The van der Waals surface area contributed by atoms with Crippen LogP contribution in [-0.4, -0.2) is 21.4 Å². The second-order valence-electron chi connectivity index (χ2n) is 5.62. The number of amides is 1. The number of hydrogen-bond acceptors (Lipinski definition) is 4. The number of carbonyl (C=O) groups excluding carboxylic acids is 1. The van der Waals surface area contributed by atoms with Crippen LogP contribution in [0, 0.1) is 17.1 Å². The van der Waals surface area contributed by atoms with Crippen LogP contribution in [0.4, 0.5) is 15.8 Å². The van der Waals surface area contributed by atoms with Crippen LogP contribution < -0.4 is 9.62 Å². The van der Waals surface area contributed by atoms with Crippen molar-refractivity contribution < 1.29 is 17.6 Å². The standard InChI is InChI=1S/C17H14FN3O3S/c1-21(13-4-2-3-11(7-13)10-19)25(23,24)16-8-12-5-6-17(22)20-15(12)9-14(16)18/h2-4,7-9H,5-6H2,1H3,(H,20,22). The fourth-order valence-corrected chi connectivity index (χ4v) is 3.92. The summed E-state index contributed by atoms with van der Waals surface area (Å²) in [4.78, 5) is 10.9. The van der Waals surface area contributed by atoms with E-state index in [2.05, 4.69) is 5.32 Å². The lowest BCUT2D eigenvalue weighted by Gasteiger charge is -2.22. The summed E-state index contributed by atoms with van der Waals surface area (Å²) in [7, 11) is -2.86. The number of aryl methyl sites for hydroxylation is 1. The lowest BCUT2D eigenvalue weighted by molar-refractivity contribution is -0.116. The minimum Gasteiger partial charge on any atom is -0.326 e. The van der Waals surface area contributed by atoms with E-state index >= 15 is 0 Å². The van der Waals surface area contributed by atoms with Crippen molar-refractivity contribution in [1.29, 1.82) is 5.26 Å². The highest BCUT2D eigenvalue weighted by atomic mass is 32.2. The Kier molecular flexibility index (Phi) is 4.18. The summed E-state index contributed by atoms with van der Waals surface area (Å²) < 4.78 is 41.0. The molecule has 0 bridgehead atoms. The lowest BCUT2D eigenvalue weighted by atomic mass is 10.0. The number of rotatable bonds is 3. The molecule has 2 aromatic carbocycles. The molecule has 0 saturated carbocycles. The average Bonchev–Trinajstić information content (AvgIpc) is 2.60. The number of fused-ring (bicyclic) bond motifs is 1. The van der Waals surface area contributed by atoms with Gasteiger partial charge in [-0.15, -0.1) is 0 Å². The molecular formula is C17H14FN3O3S. The predicted octanol–water partition coefficient (Wildman–Crippen LogP) is 2.41. The molecule has 1 N–H and O–H groups in total. The van der Waals surface area contributed by atoms with Gasteiger partial charge in [0.25, 0.3) is 10.0 Å². The Bertz CT molecular complexity index is 1010. The molecule has 0 fully saturated rings. The molecule has 1 aliphatic rings. The first-order chi connectivity index (χ1) is 11.8. The van der Waals surface area contributed by atoms with E-state index in [4.69, 9.17) is 5.26 Å². The Balaban J connectivity index is 2.05. The number of anilines is 2. The van der Waals surface area contributed by atoms with E-state index in [1.807, 2.05) is 6.07 Å². The third-order valence-corrected chi connectivity index (χ3v) is 5.83. The normalized spacial score (nSPS) is 13.6. The summed E-state index contributed by atoms with van der Waals surface area (Å²) >= 11 is 0. The lowest BCUT2D eigenvalue weighted by Crippen LogP contribution is -2.28. The zero-order chi connectivity index (χ0) is 18.2. The maximum absolute atomic E-state index is 14.4. The Labute approximate surface area is 144 Å². The molecule has 3 rings (SSSR count). The van der Waals surface area contributed by atoms with Crippen molar-refractivity contribution in [3.05, 3.63) is 53.3 Å². The minimum atomic E-state index is -4.16. The number of carbonyl (C=O) groups is 1. The number of nitriles is 1. The highest BCUT2D eigenvalue weighted by Crippen LogP contribution is 2.31. The Hall–Kier alpha value is -2.92. The smallest absolute Gasteiger partial charge is 0.266 e. The van der Waals surface area contributed by atoms with E-state index in [0.717, 1.165) is 10.4 Å². The summed E-state index contributed by atoms with van der Waals surface area (Å²) in [6.45, 7) is 0. The van der Waals surface area contributed by atoms with Crippen molar-refractivity contribution in [3.63, 3.8) is 0 Å². The molecule has 0 spiro atoms. The first kappa shape index (κ1) is 16.9. The molecule has 0 radical (unpaired) electrons. The zero-order valence-electron chi connectivity index (χ0n) is 13.3. The van der Waals surface area contributed by atoms with Crippen LogP contribution in [0.3, 0.4) is 0 Å². The van der Waals surface area contributed by atoms with E-state index in [1.165, 1.54) is 25.2 Å². The van der Waals surface area contributed by atoms with Crippen LogP contribution in [0.25, 0.3) is 0 Å². The van der Waals surface area contributed by atoms with Gasteiger partial charge in [-0.3, -0.25) is 9.10 Å². The summed E-state index contributed by atoms with van der Waals surface area (Å²) in [5, 5.41) is 11.5. The van der Waals surface area contributed by atoms with Crippen molar-refractivity contribution in [2.75, 3.05) is 16.7 Å². The molecule has 0 atom stereocenters. The Morgan fingerprint density at radius 2 is 2.00 bits per heavy atom. The van der Waals surface area contributed by atoms with Gasteiger partial charge in [0.05, 0.1) is 17.3 Å². The SMILES string of the molecule is CN(c1cccc(C#N)c1)S(=O)(=O)c1cc2c(cc1F)NC(=O)CC2. The van der Waals surface area contributed by atoms with Gasteiger partial charge in [0.15, 0.2) is 0 Å². The topological polar surface area (TPSA) is 90.3 Å². The minimum absolute atomic E-state index is 0.220. The first-order valence-corrected chi connectivity index (χ1v) is 8.88. The van der Waals surface area contributed by atoms with Crippen LogP contribution in [0.15, 0.2) is 41.3 Å². The second-order valence-corrected chi connectivity index (χ2v) is 7.56. The van der Waals surface area contributed by atoms with Gasteiger partial charge in [-0.2, -0.15) is 5.26 Å². The molecule has 2 aromatic rings. The van der Waals surface area contributed by atoms with E-state index in [-0.39, 0.29) is 18.0 Å². The maximum Gasteiger partial charge on any atom is 0.266 e. The third kappa shape index (κ3) is 3.06. The monoisotopic (exact) mass is 359 g/mol. The molecule has 6 nitrogen and oxygen atoms in total. The van der Waals surface area contributed by atoms with Gasteiger partial charge in [0.1, 0.15) is 10.7 Å². The van der Waals surface area contributed by atoms with Crippen molar-refractivity contribution in [3.8, 4) is 6.07 Å². The largest absolute Gasteiger partial charge is 0.326 e. The number of sulfonamides is 1. The maximum atomic E-state index is 14.4. The predicted molar refractivity (Wildman–Crippen MR) is 90.1 cm³/mol. The van der Waals surface area contributed by atoms with Crippen molar-refractivity contribution >= 4 is 27.3 Å². The summed E-state index contributed by atoms with van der Waals surface area (Å²) in [5.41, 5.74) is 1.42. The van der Waals surface area contributed by atoms with Gasteiger partial charge < -0.3 is 5.32 Å². The number of nitrogens with zero attached hydrogens (tertiary/aromatic N) is 2. The van der Waals surface area contributed by atoms with Gasteiger partial charge in [0.2, 0.25) is 5.91 Å². The first-order valence-electron chi connectivity index (χ1n) is 7.44. The van der Waals surface area contributed by atoms with E-state index in [0.29, 0.717) is 23.2 Å². The summed E-state index contributed by atoms with van der Waals surface area (Å²) in [6, 6.07) is 10.3. The number of benzene rings is 2. The number of hydrogen-bond donors (Lipinski definition) is 1. The van der Waals surface area contributed by atoms with Gasteiger partial charge in [-0.1, -0.05) is 6.07 Å². The Morgan fingerprint density at radius 1 is 1.24 bits per heavy atom. The van der Waals surface area contributed by atoms with Crippen molar-refractivity contribution in [2.24, 2.45) is 0 Å². The molecular weight excluding hydrogens is 345 g/mol. The number of halogens is 1. The molecule has 1 aliphatic heterocycles. The molecule has 0 unspecified atom stereocenters. The fourth-order valence-electron chi connectivity index (χ4n) is 2.63.